The molecule has 1 aliphatic carbocycles. The minimum Gasteiger partial charge on any atom is -0.497 e. The Kier molecular flexibility index (Phi) is 7.74. The highest BCUT2D eigenvalue weighted by atomic mass is 16.6. The van der Waals surface area contributed by atoms with Crippen molar-refractivity contribution in [3.8, 4) is 11.6 Å². The number of amides is 2. The van der Waals surface area contributed by atoms with Gasteiger partial charge < -0.3 is 29.5 Å². The fraction of sp³-hybridized carbons (Fsp3) is 0.621. The van der Waals surface area contributed by atoms with E-state index >= 15 is 0 Å². The van der Waals surface area contributed by atoms with E-state index in [4.69, 9.17) is 24.2 Å². The van der Waals surface area contributed by atoms with Crippen LogP contribution in [0.3, 0.4) is 0 Å². The van der Waals surface area contributed by atoms with Gasteiger partial charge in [-0.05, 0) is 49.1 Å². The first-order valence-corrected chi connectivity index (χ1v) is 14.0. The van der Waals surface area contributed by atoms with Crippen LogP contribution in [0.2, 0.25) is 0 Å². The van der Waals surface area contributed by atoms with Crippen LogP contribution in [0.25, 0.3) is 11.0 Å². The molecule has 0 radical (unpaired) electrons. The summed E-state index contributed by atoms with van der Waals surface area (Å²) in [6, 6.07) is 3.40. The van der Waals surface area contributed by atoms with Crippen molar-refractivity contribution >= 4 is 29.0 Å². The van der Waals surface area contributed by atoms with Crippen LogP contribution in [0, 0.1) is 11.3 Å². The Balaban J connectivity index is 1.48. The lowest BCUT2D eigenvalue weighted by Crippen LogP contribution is -2.57. The molecule has 3 atom stereocenters. The summed E-state index contributed by atoms with van der Waals surface area (Å²) in [6.07, 6.45) is 3.79. The smallest absolute Gasteiger partial charge is 0.408 e. The third-order valence-electron chi connectivity index (χ3n) is 8.13. The van der Waals surface area contributed by atoms with Gasteiger partial charge >= 0.3 is 12.1 Å². The van der Waals surface area contributed by atoms with Crippen LogP contribution in [0.5, 0.6) is 11.6 Å². The molecule has 1 aromatic heterocycles. The first-order chi connectivity index (χ1) is 19.0. The van der Waals surface area contributed by atoms with E-state index in [2.05, 4.69) is 5.32 Å². The Bertz CT molecular complexity index is 1290. The summed E-state index contributed by atoms with van der Waals surface area (Å²) in [5.41, 5.74) is 1.36. The van der Waals surface area contributed by atoms with Crippen LogP contribution >= 0.6 is 0 Å². The number of carboxylic acid groups (broad SMARTS) is 1. The van der Waals surface area contributed by atoms with Gasteiger partial charge in [0.15, 0.2) is 0 Å². The van der Waals surface area contributed by atoms with Crippen LogP contribution in [0.15, 0.2) is 18.2 Å². The molecule has 6 rings (SSSR count). The van der Waals surface area contributed by atoms with Gasteiger partial charge in [0.25, 0.3) is 0 Å². The van der Waals surface area contributed by atoms with Crippen LogP contribution in [-0.4, -0.2) is 75.9 Å². The van der Waals surface area contributed by atoms with Gasteiger partial charge in [-0.2, -0.15) is 0 Å². The average Bonchev–Trinajstić information content (AvgIpc) is 3.30. The molecule has 2 fully saturated rings. The number of carboxylic acids is 1. The molecule has 2 N–H and O–H groups in total. The molecule has 1 aromatic carbocycles. The van der Waals surface area contributed by atoms with Crippen molar-refractivity contribution in [2.75, 3.05) is 13.7 Å². The van der Waals surface area contributed by atoms with Crippen LogP contribution in [-0.2, 0) is 20.7 Å². The molecular weight excluding hydrogens is 516 g/mol. The lowest BCUT2D eigenvalue weighted by atomic mass is 9.79. The minimum atomic E-state index is -1.13. The predicted molar refractivity (Wildman–Crippen MR) is 145 cm³/mol. The van der Waals surface area contributed by atoms with Gasteiger partial charge in [0.2, 0.25) is 11.8 Å². The Morgan fingerprint density at radius 1 is 1.07 bits per heavy atom. The Hall–Kier alpha value is -3.63. The number of fused-ring (bicyclic) bond motifs is 8. The summed E-state index contributed by atoms with van der Waals surface area (Å²) in [4.78, 5) is 49.7. The molecule has 4 aliphatic rings. The number of aryl methyl sites for hydroxylation is 1. The van der Waals surface area contributed by atoms with E-state index in [1.54, 1.807) is 13.2 Å². The standard InChI is InChI=1S/C29H38N4O7/c1-29(2,3)24-26(34)33-15-19(14-23(33)27(35)36)39-25-21(30-20-10-9-17(38-4)13-22(20)31-25)8-6-5-7-16-11-18(12-16)40-28(37)32-24/h9-10,13,16,18-19,23-24H,5-8,11-12,14-15H2,1-4H3,(H,32,37)(H,35,36). The molecule has 3 aliphatic heterocycles. The zero-order valence-corrected chi connectivity index (χ0v) is 23.5. The molecule has 2 amide bonds. The number of methoxy groups -OCH3 is 1. The molecule has 0 spiro atoms. The monoisotopic (exact) mass is 554 g/mol. The maximum absolute atomic E-state index is 13.8. The molecule has 1 saturated carbocycles. The van der Waals surface area contributed by atoms with Gasteiger partial charge in [-0.15, -0.1) is 0 Å². The van der Waals surface area contributed by atoms with Gasteiger partial charge in [-0.1, -0.05) is 33.6 Å². The van der Waals surface area contributed by atoms with Gasteiger partial charge in [0.1, 0.15) is 35.7 Å². The highest BCUT2D eigenvalue weighted by Gasteiger charge is 2.46. The number of hydrogen-bond donors (Lipinski definition) is 2. The number of hydrogen-bond acceptors (Lipinski definition) is 8. The molecule has 11 heteroatoms. The summed E-state index contributed by atoms with van der Waals surface area (Å²) in [5, 5.41) is 12.7. The molecule has 2 aromatic rings. The molecule has 40 heavy (non-hydrogen) atoms. The van der Waals surface area contributed by atoms with Crippen molar-refractivity contribution < 1.29 is 33.7 Å². The molecule has 11 nitrogen and oxygen atoms in total. The van der Waals surface area contributed by atoms with Crippen LogP contribution in [0.4, 0.5) is 4.79 Å². The average molecular weight is 555 g/mol. The molecule has 4 bridgehead atoms. The topological polar surface area (TPSA) is 140 Å². The summed E-state index contributed by atoms with van der Waals surface area (Å²) in [7, 11) is 1.58. The second-order valence-electron chi connectivity index (χ2n) is 12.2. The third kappa shape index (κ3) is 5.93. The number of carbonyl (C=O) groups excluding carboxylic acids is 2. The van der Waals surface area contributed by atoms with Gasteiger partial charge in [-0.3, -0.25) is 4.79 Å². The van der Waals surface area contributed by atoms with Gasteiger partial charge in [0.05, 0.1) is 24.7 Å². The van der Waals surface area contributed by atoms with Crippen molar-refractivity contribution in [1.29, 1.82) is 0 Å². The van der Waals surface area contributed by atoms with Crippen molar-refractivity contribution in [2.45, 2.75) is 90.0 Å². The van der Waals surface area contributed by atoms with Gasteiger partial charge in [0, 0.05) is 12.5 Å². The van der Waals surface area contributed by atoms with E-state index in [0.29, 0.717) is 35.2 Å². The van der Waals surface area contributed by atoms with E-state index < -0.39 is 41.6 Å². The summed E-state index contributed by atoms with van der Waals surface area (Å²) >= 11 is 0. The Morgan fingerprint density at radius 3 is 2.55 bits per heavy atom. The van der Waals surface area contributed by atoms with E-state index in [0.717, 1.165) is 37.6 Å². The SMILES string of the molecule is COc1ccc2nc3c(nc2c1)OC1CC(C(=O)O)N(C1)C(=O)C(C(C)(C)C)NC(=O)OC1CC(CCCC3)C1. The third-order valence-corrected chi connectivity index (χ3v) is 8.13. The molecule has 216 valence electrons. The van der Waals surface area contributed by atoms with Gasteiger partial charge in [-0.25, -0.2) is 19.6 Å². The summed E-state index contributed by atoms with van der Waals surface area (Å²) in [5.74, 6) is -0.131. The number of ether oxygens (including phenoxy) is 3. The normalized spacial score (nSPS) is 27.8. The maximum Gasteiger partial charge on any atom is 0.408 e. The first-order valence-electron chi connectivity index (χ1n) is 14.0. The maximum atomic E-state index is 13.8. The van der Waals surface area contributed by atoms with Crippen LogP contribution in [0.1, 0.15) is 65.0 Å². The largest absolute Gasteiger partial charge is 0.497 e. The van der Waals surface area contributed by atoms with Crippen molar-refractivity contribution in [3.63, 3.8) is 0 Å². The quantitative estimate of drug-likeness (QED) is 0.568. The molecule has 4 heterocycles. The highest BCUT2D eigenvalue weighted by molar-refractivity contribution is 5.90. The number of aromatic nitrogens is 2. The van der Waals surface area contributed by atoms with Crippen molar-refractivity contribution in [2.24, 2.45) is 11.3 Å². The summed E-state index contributed by atoms with van der Waals surface area (Å²) < 4.78 is 17.3. The minimum absolute atomic E-state index is 0.0423. The number of rotatable bonds is 2. The van der Waals surface area contributed by atoms with E-state index in [9.17, 15) is 19.5 Å². The number of carbonyl (C=O) groups is 3. The van der Waals surface area contributed by atoms with Crippen molar-refractivity contribution in [1.82, 2.24) is 20.2 Å². The van der Waals surface area contributed by atoms with Crippen molar-refractivity contribution in [3.05, 3.63) is 23.9 Å². The second kappa shape index (κ2) is 11.1. The van der Waals surface area contributed by atoms with E-state index in [1.807, 2.05) is 32.9 Å². The van der Waals surface area contributed by atoms with Crippen LogP contribution < -0.4 is 14.8 Å². The zero-order valence-electron chi connectivity index (χ0n) is 23.5. The number of nitrogens with one attached hydrogen (secondary N) is 1. The second-order valence-corrected chi connectivity index (χ2v) is 12.2. The first kappa shape index (κ1) is 27.9. The zero-order chi connectivity index (χ0) is 28.6. The summed E-state index contributed by atoms with van der Waals surface area (Å²) in [6.45, 7) is 5.52. The number of benzene rings is 1. The Morgan fingerprint density at radius 2 is 1.85 bits per heavy atom. The van der Waals surface area contributed by atoms with E-state index in [1.165, 1.54) is 4.90 Å². The lowest BCUT2D eigenvalue weighted by molar-refractivity contribution is -0.150. The molecule has 1 saturated heterocycles. The fourth-order valence-electron chi connectivity index (χ4n) is 5.81. The number of aliphatic carboxylic acids is 1. The molecule has 3 unspecified atom stereocenters. The lowest BCUT2D eigenvalue weighted by Gasteiger charge is -2.37. The van der Waals surface area contributed by atoms with E-state index in [-0.39, 0.29) is 19.1 Å². The number of alkyl carbamates (subject to hydrolysis) is 1. The highest BCUT2D eigenvalue weighted by Crippen LogP contribution is 2.35. The number of nitrogens with zero attached hydrogens (tertiary/aromatic N) is 3. The fourth-order valence-corrected chi connectivity index (χ4v) is 5.81. The predicted octanol–water partition coefficient (Wildman–Crippen LogP) is 3.72. The molecular formula is C29H38N4O7. The Labute approximate surface area is 233 Å².